The van der Waals surface area contributed by atoms with Crippen LogP contribution < -0.4 is 16.4 Å². The summed E-state index contributed by atoms with van der Waals surface area (Å²) < 4.78 is 23.5. The summed E-state index contributed by atoms with van der Waals surface area (Å²) in [6.07, 6.45) is -3.16. The Morgan fingerprint density at radius 2 is 1.88 bits per heavy atom. The molecule has 0 fully saturated rings. The molecule has 7 nitrogen and oxygen atoms in total. The van der Waals surface area contributed by atoms with Crippen LogP contribution in [0.25, 0.3) is 0 Å². The minimum Gasteiger partial charge on any atom is -0.480 e. The van der Waals surface area contributed by atoms with E-state index in [1.165, 1.54) is 0 Å². The van der Waals surface area contributed by atoms with Crippen LogP contribution in [0, 0.1) is 0 Å². The lowest BCUT2D eigenvalue weighted by atomic mass is 10.1. The molecule has 3 amide bonds. The molecule has 5 N–H and O–H groups in total. The molecule has 0 saturated carbocycles. The van der Waals surface area contributed by atoms with Gasteiger partial charge in [-0.3, -0.25) is 4.79 Å². The maximum Gasteiger partial charge on any atom is 0.326 e. The average molecular weight is 253 g/mol. The van der Waals surface area contributed by atoms with Crippen molar-refractivity contribution in [3.8, 4) is 0 Å². The molecule has 0 heterocycles. The number of aliphatic carboxylic acids is 1. The molecule has 0 saturated heterocycles. The summed E-state index contributed by atoms with van der Waals surface area (Å²) in [7, 11) is 0. The van der Waals surface area contributed by atoms with Gasteiger partial charge >= 0.3 is 12.0 Å². The van der Waals surface area contributed by atoms with E-state index in [0.717, 1.165) is 0 Å². The first-order valence-electron chi connectivity index (χ1n) is 4.66. The monoisotopic (exact) mass is 253 g/mol. The normalized spacial score (nSPS) is 11.9. The smallest absolute Gasteiger partial charge is 0.326 e. The number of alkyl halides is 2. The number of nitrogens with one attached hydrogen (secondary N) is 2. The Labute approximate surface area is 95.3 Å². The van der Waals surface area contributed by atoms with E-state index in [1.807, 2.05) is 5.32 Å². The molecule has 98 valence electrons. The zero-order valence-corrected chi connectivity index (χ0v) is 8.78. The van der Waals surface area contributed by atoms with Gasteiger partial charge < -0.3 is 21.5 Å². The zero-order valence-electron chi connectivity index (χ0n) is 8.78. The molecule has 0 radical (unpaired) electrons. The van der Waals surface area contributed by atoms with Crippen LogP contribution in [0.15, 0.2) is 0 Å². The highest BCUT2D eigenvalue weighted by Gasteiger charge is 2.20. The highest BCUT2D eigenvalue weighted by atomic mass is 19.3. The Bertz CT molecular complexity index is 298. The van der Waals surface area contributed by atoms with Crippen LogP contribution in [0.5, 0.6) is 0 Å². The second kappa shape index (κ2) is 7.36. The van der Waals surface area contributed by atoms with Crippen molar-refractivity contribution >= 4 is 17.9 Å². The predicted octanol–water partition coefficient (Wildman–Crippen LogP) is -0.731. The highest BCUT2D eigenvalue weighted by molar-refractivity contribution is 5.83. The van der Waals surface area contributed by atoms with Crippen LogP contribution >= 0.6 is 0 Å². The van der Waals surface area contributed by atoms with Gasteiger partial charge in [-0.15, -0.1) is 0 Å². The number of urea groups is 1. The van der Waals surface area contributed by atoms with Crippen LogP contribution in [0.4, 0.5) is 13.6 Å². The molecule has 0 aromatic rings. The number of halogens is 2. The average Bonchev–Trinajstić information content (AvgIpc) is 2.20. The van der Waals surface area contributed by atoms with Gasteiger partial charge in [-0.05, 0) is 6.42 Å². The number of carbonyl (C=O) groups excluding carboxylic acids is 2. The summed E-state index contributed by atoms with van der Waals surface area (Å²) in [5.41, 5.74) is 4.81. The lowest BCUT2D eigenvalue weighted by molar-refractivity contribution is -0.139. The standard InChI is InChI=1S/C8H13F2N3O4/c9-5(10)3-12-8(17)13-4(7(15)16)1-2-6(11)14/h4-5H,1-3H2,(H2,11,14)(H,15,16)(H2,12,13,17)/t4-/m1/s1. The molecular formula is C8H13F2N3O4. The van der Waals surface area contributed by atoms with E-state index in [4.69, 9.17) is 10.8 Å². The van der Waals surface area contributed by atoms with Gasteiger partial charge in [0.15, 0.2) is 0 Å². The van der Waals surface area contributed by atoms with E-state index >= 15 is 0 Å². The molecule has 0 aromatic heterocycles. The van der Waals surface area contributed by atoms with Crippen molar-refractivity contribution in [1.82, 2.24) is 10.6 Å². The van der Waals surface area contributed by atoms with Crippen molar-refractivity contribution in [2.75, 3.05) is 6.54 Å². The third-order valence-corrected chi connectivity index (χ3v) is 1.70. The summed E-state index contributed by atoms with van der Waals surface area (Å²) in [6, 6.07) is -2.39. The van der Waals surface area contributed by atoms with E-state index in [9.17, 15) is 23.2 Å². The first-order chi connectivity index (χ1) is 7.82. The number of carbonyl (C=O) groups is 3. The van der Waals surface area contributed by atoms with Crippen LogP contribution in [-0.4, -0.2) is 42.0 Å². The van der Waals surface area contributed by atoms with Crippen molar-refractivity contribution < 1.29 is 28.3 Å². The molecule has 0 aromatic carbocycles. The van der Waals surface area contributed by atoms with Crippen LogP contribution in [0.1, 0.15) is 12.8 Å². The van der Waals surface area contributed by atoms with Gasteiger partial charge in [0.05, 0.1) is 6.54 Å². The molecule has 9 heteroatoms. The van der Waals surface area contributed by atoms with Crippen molar-refractivity contribution in [3.05, 3.63) is 0 Å². The first-order valence-corrected chi connectivity index (χ1v) is 4.66. The van der Waals surface area contributed by atoms with Gasteiger partial charge in [0, 0.05) is 6.42 Å². The SMILES string of the molecule is NC(=O)CC[C@@H](NC(=O)NCC(F)F)C(=O)O. The van der Waals surface area contributed by atoms with Gasteiger partial charge in [-0.25, -0.2) is 18.4 Å². The fourth-order valence-electron chi connectivity index (χ4n) is 0.923. The summed E-state index contributed by atoms with van der Waals surface area (Å²) in [6.45, 7) is -0.881. The zero-order chi connectivity index (χ0) is 13.4. The molecule has 0 aliphatic rings. The second-order valence-corrected chi connectivity index (χ2v) is 3.14. The third-order valence-electron chi connectivity index (χ3n) is 1.70. The summed E-state index contributed by atoms with van der Waals surface area (Å²) in [5, 5.41) is 12.4. The number of hydrogen-bond donors (Lipinski definition) is 4. The Morgan fingerprint density at radius 3 is 2.29 bits per heavy atom. The van der Waals surface area contributed by atoms with Gasteiger partial charge in [0.25, 0.3) is 6.43 Å². The quantitative estimate of drug-likeness (QED) is 0.477. The fourth-order valence-corrected chi connectivity index (χ4v) is 0.923. The topological polar surface area (TPSA) is 122 Å². The van der Waals surface area contributed by atoms with Gasteiger partial charge in [0.2, 0.25) is 5.91 Å². The van der Waals surface area contributed by atoms with E-state index in [2.05, 4.69) is 0 Å². The van der Waals surface area contributed by atoms with E-state index in [1.54, 1.807) is 5.32 Å². The molecule has 17 heavy (non-hydrogen) atoms. The molecular weight excluding hydrogens is 240 g/mol. The number of amides is 3. The van der Waals surface area contributed by atoms with E-state index in [-0.39, 0.29) is 12.8 Å². The number of primary amides is 1. The number of rotatable bonds is 7. The number of hydrogen-bond acceptors (Lipinski definition) is 3. The van der Waals surface area contributed by atoms with Crippen molar-refractivity contribution in [3.63, 3.8) is 0 Å². The van der Waals surface area contributed by atoms with Gasteiger partial charge in [0.1, 0.15) is 6.04 Å². The number of nitrogens with two attached hydrogens (primary N) is 1. The lowest BCUT2D eigenvalue weighted by Gasteiger charge is -2.14. The van der Waals surface area contributed by atoms with E-state index in [0.29, 0.717) is 0 Å². The Hall–Kier alpha value is -1.93. The Kier molecular flexibility index (Phi) is 6.53. The molecule has 0 aliphatic heterocycles. The van der Waals surface area contributed by atoms with Gasteiger partial charge in [-0.2, -0.15) is 0 Å². The molecule has 0 unspecified atom stereocenters. The van der Waals surface area contributed by atoms with Gasteiger partial charge in [-0.1, -0.05) is 0 Å². The minimum atomic E-state index is -2.73. The predicted molar refractivity (Wildman–Crippen MR) is 52.4 cm³/mol. The van der Waals surface area contributed by atoms with Crippen molar-refractivity contribution in [1.29, 1.82) is 0 Å². The fraction of sp³-hybridized carbons (Fsp3) is 0.625. The maximum atomic E-state index is 11.7. The maximum absolute atomic E-state index is 11.7. The largest absolute Gasteiger partial charge is 0.480 e. The Balaban J connectivity index is 4.11. The van der Waals surface area contributed by atoms with Crippen LogP contribution in [0.2, 0.25) is 0 Å². The number of carboxylic acid groups (broad SMARTS) is 1. The molecule has 0 spiro atoms. The van der Waals surface area contributed by atoms with E-state index < -0.39 is 36.9 Å². The van der Waals surface area contributed by atoms with Crippen molar-refractivity contribution in [2.45, 2.75) is 25.3 Å². The second-order valence-electron chi connectivity index (χ2n) is 3.14. The summed E-state index contributed by atoms with van der Waals surface area (Å²) in [4.78, 5) is 32.0. The molecule has 0 rings (SSSR count). The van der Waals surface area contributed by atoms with Crippen LogP contribution in [0.3, 0.4) is 0 Å². The lowest BCUT2D eigenvalue weighted by Crippen LogP contribution is -2.47. The molecule has 1 atom stereocenters. The first kappa shape index (κ1) is 15.1. The minimum absolute atomic E-state index is 0.202. The Morgan fingerprint density at radius 1 is 1.29 bits per heavy atom. The summed E-state index contributed by atoms with van der Waals surface area (Å²) in [5.74, 6) is -2.09. The van der Waals surface area contributed by atoms with Crippen LogP contribution in [-0.2, 0) is 9.59 Å². The highest BCUT2D eigenvalue weighted by Crippen LogP contribution is 1.97. The molecule has 0 bridgehead atoms. The third kappa shape index (κ3) is 7.94. The molecule has 0 aliphatic carbocycles. The van der Waals surface area contributed by atoms with Crippen molar-refractivity contribution in [2.24, 2.45) is 5.73 Å². The summed E-state index contributed by atoms with van der Waals surface area (Å²) >= 11 is 0. The number of carboxylic acids is 1.